The molecule has 9 heteroatoms. The lowest BCUT2D eigenvalue weighted by Gasteiger charge is -2.37. The number of guanidine groups is 1. The van der Waals surface area contributed by atoms with E-state index in [1.807, 2.05) is 30.5 Å². The van der Waals surface area contributed by atoms with Crippen molar-refractivity contribution >= 4 is 35.8 Å². The van der Waals surface area contributed by atoms with E-state index < -0.39 is 0 Å². The number of hydrogen-bond donors (Lipinski definition) is 1. The molecule has 0 unspecified atom stereocenters. The van der Waals surface area contributed by atoms with E-state index in [0.29, 0.717) is 23.8 Å². The number of ether oxygens (including phenoxy) is 3. The fourth-order valence-corrected chi connectivity index (χ4v) is 3.76. The lowest BCUT2D eigenvalue weighted by atomic mass is 10.1. The molecule has 8 nitrogen and oxygen atoms in total. The molecule has 3 rings (SSSR count). The maximum atomic E-state index is 5.59. The second kappa shape index (κ2) is 13.2. The maximum absolute atomic E-state index is 5.59. The third kappa shape index (κ3) is 6.30. The van der Waals surface area contributed by atoms with Crippen molar-refractivity contribution in [3.8, 4) is 17.2 Å². The topological polar surface area (TPSA) is 71.5 Å². The Balaban J connectivity index is 0.00000363. The SMILES string of the molecule is CCNC(=NCCc1ccc(OC)c(OC)c1OC)N1CCN(c2ccccn2)CC1.I. The van der Waals surface area contributed by atoms with Crippen LogP contribution in [0.2, 0.25) is 0 Å². The van der Waals surface area contributed by atoms with Gasteiger partial charge in [-0.2, -0.15) is 0 Å². The van der Waals surface area contributed by atoms with E-state index in [2.05, 4.69) is 33.1 Å². The Labute approximate surface area is 208 Å². The first kappa shape index (κ1) is 25.8. The number of rotatable bonds is 8. The van der Waals surface area contributed by atoms with Crippen molar-refractivity contribution in [3.05, 3.63) is 42.1 Å². The van der Waals surface area contributed by atoms with Gasteiger partial charge in [0.1, 0.15) is 5.82 Å². The van der Waals surface area contributed by atoms with Gasteiger partial charge in [-0.15, -0.1) is 24.0 Å². The van der Waals surface area contributed by atoms with Gasteiger partial charge in [0.2, 0.25) is 5.75 Å². The molecule has 0 aliphatic carbocycles. The van der Waals surface area contributed by atoms with Crippen LogP contribution in [0.3, 0.4) is 0 Å². The minimum Gasteiger partial charge on any atom is -0.493 e. The summed E-state index contributed by atoms with van der Waals surface area (Å²) in [6.07, 6.45) is 2.59. The summed E-state index contributed by atoms with van der Waals surface area (Å²) in [5.74, 6) is 3.95. The molecule has 0 radical (unpaired) electrons. The summed E-state index contributed by atoms with van der Waals surface area (Å²) in [5.41, 5.74) is 1.04. The van der Waals surface area contributed by atoms with E-state index in [1.165, 1.54) is 0 Å². The zero-order valence-electron chi connectivity index (χ0n) is 19.3. The Morgan fingerprint density at radius 3 is 2.34 bits per heavy atom. The molecule has 32 heavy (non-hydrogen) atoms. The molecule has 0 amide bonds. The minimum absolute atomic E-state index is 0. The molecular formula is C23H34IN5O3. The van der Waals surface area contributed by atoms with E-state index in [4.69, 9.17) is 19.2 Å². The second-order valence-corrected chi connectivity index (χ2v) is 7.14. The Morgan fingerprint density at radius 2 is 1.75 bits per heavy atom. The van der Waals surface area contributed by atoms with Crippen LogP contribution in [0.25, 0.3) is 0 Å². The van der Waals surface area contributed by atoms with E-state index in [-0.39, 0.29) is 24.0 Å². The van der Waals surface area contributed by atoms with Crippen molar-refractivity contribution in [2.45, 2.75) is 13.3 Å². The van der Waals surface area contributed by atoms with Crippen molar-refractivity contribution in [1.29, 1.82) is 0 Å². The first-order valence-corrected chi connectivity index (χ1v) is 10.7. The number of methoxy groups -OCH3 is 3. The molecule has 1 N–H and O–H groups in total. The minimum atomic E-state index is 0. The number of benzene rings is 1. The van der Waals surface area contributed by atoms with Gasteiger partial charge in [-0.3, -0.25) is 4.99 Å². The maximum Gasteiger partial charge on any atom is 0.203 e. The third-order valence-corrected chi connectivity index (χ3v) is 5.32. The Hall–Kier alpha value is -2.43. The highest BCUT2D eigenvalue weighted by Crippen LogP contribution is 2.39. The summed E-state index contributed by atoms with van der Waals surface area (Å²) >= 11 is 0. The number of hydrogen-bond acceptors (Lipinski definition) is 6. The van der Waals surface area contributed by atoms with E-state index in [1.54, 1.807) is 21.3 Å². The molecule has 1 aromatic heterocycles. The number of aliphatic imine (C=N–C) groups is 1. The largest absolute Gasteiger partial charge is 0.493 e. The van der Waals surface area contributed by atoms with Crippen LogP contribution in [0.5, 0.6) is 17.2 Å². The zero-order valence-corrected chi connectivity index (χ0v) is 21.7. The Morgan fingerprint density at radius 1 is 1.00 bits per heavy atom. The Bertz CT molecular complexity index is 858. The van der Waals surface area contributed by atoms with Gasteiger partial charge in [0, 0.05) is 51.0 Å². The molecule has 2 aromatic rings. The van der Waals surface area contributed by atoms with Crippen LogP contribution in [0, 0.1) is 0 Å². The number of halogens is 1. The van der Waals surface area contributed by atoms with Gasteiger partial charge in [-0.25, -0.2) is 4.98 Å². The first-order chi connectivity index (χ1) is 15.2. The standard InChI is InChI=1S/C23H33N5O3.HI/c1-5-24-23(28-16-14-27(15-17-28)20-8-6-7-12-25-20)26-13-11-18-9-10-19(29-2)22(31-4)21(18)30-3;/h6-10,12H,5,11,13-17H2,1-4H3,(H,24,26);1H. The number of piperazine rings is 1. The zero-order chi connectivity index (χ0) is 22.1. The first-order valence-electron chi connectivity index (χ1n) is 10.7. The number of pyridine rings is 1. The van der Waals surface area contributed by atoms with Gasteiger partial charge in [0.15, 0.2) is 17.5 Å². The van der Waals surface area contributed by atoms with Crippen molar-refractivity contribution in [1.82, 2.24) is 15.2 Å². The monoisotopic (exact) mass is 555 g/mol. The van der Waals surface area contributed by atoms with Crippen LogP contribution in [0.4, 0.5) is 5.82 Å². The van der Waals surface area contributed by atoms with Crippen molar-refractivity contribution < 1.29 is 14.2 Å². The van der Waals surface area contributed by atoms with E-state index in [0.717, 1.165) is 56.5 Å². The molecule has 176 valence electrons. The molecule has 1 aromatic carbocycles. The average molecular weight is 555 g/mol. The summed E-state index contributed by atoms with van der Waals surface area (Å²) in [4.78, 5) is 14.0. The normalized spacial score (nSPS) is 13.9. The lowest BCUT2D eigenvalue weighted by Crippen LogP contribution is -2.52. The van der Waals surface area contributed by atoms with Gasteiger partial charge >= 0.3 is 0 Å². The van der Waals surface area contributed by atoms with E-state index in [9.17, 15) is 0 Å². The molecule has 2 heterocycles. The molecule has 0 atom stereocenters. The quantitative estimate of drug-likeness (QED) is 0.305. The molecule has 0 bridgehead atoms. The van der Waals surface area contributed by atoms with Gasteiger partial charge in [-0.1, -0.05) is 12.1 Å². The molecule has 1 aliphatic rings. The molecule has 0 saturated carbocycles. The molecule has 1 saturated heterocycles. The summed E-state index contributed by atoms with van der Waals surface area (Å²) in [6, 6.07) is 9.95. The van der Waals surface area contributed by atoms with Crippen molar-refractivity contribution in [2.24, 2.45) is 4.99 Å². The van der Waals surface area contributed by atoms with Gasteiger partial charge in [0.05, 0.1) is 21.3 Å². The lowest BCUT2D eigenvalue weighted by molar-refractivity contribution is 0.322. The number of aromatic nitrogens is 1. The fourth-order valence-electron chi connectivity index (χ4n) is 3.76. The summed E-state index contributed by atoms with van der Waals surface area (Å²) in [7, 11) is 4.89. The average Bonchev–Trinajstić information content (AvgIpc) is 2.83. The molecule has 0 spiro atoms. The molecule has 1 fully saturated rings. The predicted molar refractivity (Wildman–Crippen MR) is 139 cm³/mol. The highest BCUT2D eigenvalue weighted by atomic mass is 127. The van der Waals surface area contributed by atoms with Crippen LogP contribution < -0.4 is 24.4 Å². The van der Waals surface area contributed by atoms with Crippen LogP contribution in [-0.2, 0) is 6.42 Å². The summed E-state index contributed by atoms with van der Waals surface area (Å²) in [6.45, 7) is 7.23. The highest BCUT2D eigenvalue weighted by Gasteiger charge is 2.20. The number of nitrogens with zero attached hydrogens (tertiary/aromatic N) is 4. The molecule has 1 aliphatic heterocycles. The molecular weight excluding hydrogens is 521 g/mol. The van der Waals surface area contributed by atoms with E-state index >= 15 is 0 Å². The second-order valence-electron chi connectivity index (χ2n) is 7.14. The fraction of sp³-hybridized carbons (Fsp3) is 0.478. The summed E-state index contributed by atoms with van der Waals surface area (Å²) in [5, 5.41) is 3.43. The van der Waals surface area contributed by atoms with Gasteiger partial charge < -0.3 is 29.3 Å². The predicted octanol–water partition coefficient (Wildman–Crippen LogP) is 3.06. The van der Waals surface area contributed by atoms with Crippen molar-refractivity contribution in [3.63, 3.8) is 0 Å². The van der Waals surface area contributed by atoms with Gasteiger partial charge in [0.25, 0.3) is 0 Å². The smallest absolute Gasteiger partial charge is 0.203 e. The number of nitrogens with one attached hydrogen (secondary N) is 1. The van der Waals surface area contributed by atoms with Crippen LogP contribution in [0.1, 0.15) is 12.5 Å². The van der Waals surface area contributed by atoms with Gasteiger partial charge in [-0.05, 0) is 31.5 Å². The summed E-state index contributed by atoms with van der Waals surface area (Å²) < 4.78 is 16.5. The highest BCUT2D eigenvalue weighted by molar-refractivity contribution is 14.0. The van der Waals surface area contributed by atoms with Crippen LogP contribution in [0.15, 0.2) is 41.5 Å². The third-order valence-electron chi connectivity index (χ3n) is 5.32. The van der Waals surface area contributed by atoms with Crippen LogP contribution >= 0.6 is 24.0 Å². The van der Waals surface area contributed by atoms with Crippen molar-refractivity contribution in [2.75, 3.05) is 65.5 Å². The number of anilines is 1. The van der Waals surface area contributed by atoms with Crippen LogP contribution in [-0.4, -0.2) is 76.4 Å². The Kier molecular flexibility index (Phi) is 10.6.